The molecule has 0 aromatic carbocycles. The standard InChI is InChI=1S/C34H68F2O3S/c1-2-3-4-5-6-7-8-9-10-11-12-13-14-15-16-17-20-23-26-29-32-39-40(37,38)33-30-27-24-21-18-19-22-25-28-31-34(35)36/h34H,2-33H2,1H3. The van der Waals surface area contributed by atoms with E-state index in [1.54, 1.807) is 0 Å². The lowest BCUT2D eigenvalue weighted by Gasteiger charge is -2.06. The smallest absolute Gasteiger partial charge is 0.267 e. The molecule has 0 rings (SSSR count). The Balaban J connectivity index is 3.26. The summed E-state index contributed by atoms with van der Waals surface area (Å²) in [5.74, 6) is 0.125. The van der Waals surface area contributed by atoms with Gasteiger partial charge in [-0.1, -0.05) is 174 Å². The molecule has 0 heterocycles. The number of hydrogen-bond acceptors (Lipinski definition) is 3. The summed E-state index contributed by atoms with van der Waals surface area (Å²) in [4.78, 5) is 0. The van der Waals surface area contributed by atoms with Crippen molar-refractivity contribution >= 4 is 10.1 Å². The van der Waals surface area contributed by atoms with Crippen LogP contribution in [0.25, 0.3) is 0 Å². The highest BCUT2D eigenvalue weighted by Gasteiger charge is 2.10. The molecule has 3 nitrogen and oxygen atoms in total. The molecule has 0 N–H and O–H groups in total. The molecule has 0 spiro atoms. The van der Waals surface area contributed by atoms with Crippen LogP contribution >= 0.6 is 0 Å². The minimum Gasteiger partial charge on any atom is -0.270 e. The lowest BCUT2D eigenvalue weighted by atomic mass is 10.0. The monoisotopic (exact) mass is 594 g/mol. The SMILES string of the molecule is CCCCCCCCCCCCCCCCCCCCCCOS(=O)(=O)CCCCCCCCCCCC(F)F. The Morgan fingerprint density at radius 3 is 1.10 bits per heavy atom. The van der Waals surface area contributed by atoms with Crippen molar-refractivity contribution in [3.05, 3.63) is 0 Å². The van der Waals surface area contributed by atoms with Crippen LogP contribution in [0.1, 0.15) is 200 Å². The molecule has 0 amide bonds. The summed E-state index contributed by atoms with van der Waals surface area (Å²) in [6.45, 7) is 2.61. The van der Waals surface area contributed by atoms with Crippen molar-refractivity contribution in [3.8, 4) is 0 Å². The molecule has 0 unspecified atom stereocenters. The molecule has 0 aromatic rings. The van der Waals surface area contributed by atoms with Gasteiger partial charge in [-0.05, 0) is 19.3 Å². The van der Waals surface area contributed by atoms with E-state index < -0.39 is 16.5 Å². The highest BCUT2D eigenvalue weighted by molar-refractivity contribution is 7.86. The third-order valence-corrected chi connectivity index (χ3v) is 9.39. The second kappa shape index (κ2) is 31.7. The van der Waals surface area contributed by atoms with Gasteiger partial charge in [0.25, 0.3) is 10.1 Å². The highest BCUT2D eigenvalue weighted by atomic mass is 32.2. The number of alkyl halides is 2. The predicted molar refractivity (Wildman–Crippen MR) is 170 cm³/mol. The van der Waals surface area contributed by atoms with Crippen molar-refractivity contribution in [3.63, 3.8) is 0 Å². The fourth-order valence-corrected chi connectivity index (χ4v) is 6.46. The van der Waals surface area contributed by atoms with Gasteiger partial charge in [-0.15, -0.1) is 0 Å². The molecule has 0 saturated heterocycles. The first-order valence-electron chi connectivity index (χ1n) is 17.6. The van der Waals surface area contributed by atoms with Gasteiger partial charge in [0.2, 0.25) is 6.43 Å². The Morgan fingerprint density at radius 1 is 0.450 bits per heavy atom. The van der Waals surface area contributed by atoms with E-state index in [2.05, 4.69) is 6.92 Å². The fraction of sp³-hybridized carbons (Fsp3) is 1.00. The lowest BCUT2D eigenvalue weighted by Crippen LogP contribution is -2.11. The van der Waals surface area contributed by atoms with Crippen LogP contribution in [-0.4, -0.2) is 27.2 Å². The van der Waals surface area contributed by atoms with Crippen LogP contribution in [0.4, 0.5) is 8.78 Å². The van der Waals surface area contributed by atoms with Crippen molar-refractivity contribution in [1.29, 1.82) is 0 Å². The van der Waals surface area contributed by atoms with E-state index in [-0.39, 0.29) is 12.2 Å². The molecule has 0 fully saturated rings. The quantitative estimate of drug-likeness (QED) is 0.0550. The minimum absolute atomic E-state index is 0.0239. The van der Waals surface area contributed by atoms with Gasteiger partial charge in [0, 0.05) is 6.42 Å². The summed E-state index contributed by atoms with van der Waals surface area (Å²) >= 11 is 0. The number of rotatable bonds is 34. The molecule has 0 aliphatic rings. The third kappa shape index (κ3) is 34.0. The molecule has 0 bridgehead atoms. The summed E-state index contributed by atoms with van der Waals surface area (Å²) in [6.07, 6.45) is 33.0. The van der Waals surface area contributed by atoms with Crippen LogP contribution in [0.3, 0.4) is 0 Å². The Hall–Kier alpha value is -0.230. The zero-order valence-corrected chi connectivity index (χ0v) is 27.4. The maximum Gasteiger partial charge on any atom is 0.267 e. The van der Waals surface area contributed by atoms with Gasteiger partial charge in [0.05, 0.1) is 12.4 Å². The molecule has 0 aromatic heterocycles. The summed E-state index contributed by atoms with van der Waals surface area (Å²) in [6, 6.07) is 0. The maximum absolute atomic E-state index is 12.1. The van der Waals surface area contributed by atoms with Crippen molar-refractivity contribution in [1.82, 2.24) is 0 Å². The van der Waals surface area contributed by atoms with Crippen molar-refractivity contribution < 1.29 is 21.4 Å². The topological polar surface area (TPSA) is 43.4 Å². The van der Waals surface area contributed by atoms with Crippen LogP contribution in [0.2, 0.25) is 0 Å². The van der Waals surface area contributed by atoms with Crippen LogP contribution in [0, 0.1) is 0 Å². The van der Waals surface area contributed by atoms with Gasteiger partial charge in [0.15, 0.2) is 0 Å². The molecule has 0 saturated carbocycles. The van der Waals surface area contributed by atoms with Crippen LogP contribution in [-0.2, 0) is 14.3 Å². The number of halogens is 2. The van der Waals surface area contributed by atoms with E-state index >= 15 is 0 Å². The molecule has 242 valence electrons. The van der Waals surface area contributed by atoms with Crippen LogP contribution < -0.4 is 0 Å². The average Bonchev–Trinajstić information content (AvgIpc) is 2.92. The number of unbranched alkanes of at least 4 members (excludes halogenated alkanes) is 27. The molecule has 0 aliphatic heterocycles. The predicted octanol–water partition coefficient (Wildman–Crippen LogP) is 12.3. The zero-order chi connectivity index (χ0) is 29.4. The van der Waals surface area contributed by atoms with E-state index in [1.807, 2.05) is 0 Å². The first-order valence-corrected chi connectivity index (χ1v) is 19.2. The Morgan fingerprint density at radius 2 is 0.750 bits per heavy atom. The molecule has 40 heavy (non-hydrogen) atoms. The van der Waals surface area contributed by atoms with Gasteiger partial charge >= 0.3 is 0 Å². The fourth-order valence-electron chi connectivity index (χ4n) is 5.42. The van der Waals surface area contributed by atoms with Crippen molar-refractivity contribution in [2.75, 3.05) is 12.4 Å². The third-order valence-electron chi connectivity index (χ3n) is 8.08. The highest BCUT2D eigenvalue weighted by Crippen LogP contribution is 2.16. The number of hydrogen-bond donors (Lipinski definition) is 0. The van der Waals surface area contributed by atoms with Gasteiger partial charge in [-0.25, -0.2) is 8.78 Å². The van der Waals surface area contributed by atoms with Crippen LogP contribution in [0.15, 0.2) is 0 Å². The van der Waals surface area contributed by atoms with Crippen LogP contribution in [0.5, 0.6) is 0 Å². The molecule has 0 radical (unpaired) electrons. The Labute approximate surface area is 249 Å². The van der Waals surface area contributed by atoms with E-state index in [1.165, 1.54) is 116 Å². The largest absolute Gasteiger partial charge is 0.270 e. The second-order valence-corrected chi connectivity index (χ2v) is 13.9. The first kappa shape index (κ1) is 39.8. The maximum atomic E-state index is 12.1. The van der Waals surface area contributed by atoms with Gasteiger partial charge in [-0.3, -0.25) is 4.18 Å². The molecular formula is C34H68F2O3S. The van der Waals surface area contributed by atoms with E-state index in [0.29, 0.717) is 19.4 Å². The van der Waals surface area contributed by atoms with Gasteiger partial charge in [-0.2, -0.15) is 8.42 Å². The van der Waals surface area contributed by atoms with Gasteiger partial charge < -0.3 is 0 Å². The zero-order valence-electron chi connectivity index (χ0n) is 26.6. The lowest BCUT2D eigenvalue weighted by molar-refractivity contribution is 0.133. The average molecular weight is 595 g/mol. The van der Waals surface area contributed by atoms with Gasteiger partial charge in [0.1, 0.15) is 0 Å². The van der Waals surface area contributed by atoms with Crippen molar-refractivity contribution in [2.45, 2.75) is 206 Å². The normalized spacial score (nSPS) is 12.1. The molecule has 0 atom stereocenters. The molecular weight excluding hydrogens is 526 g/mol. The Kier molecular flexibility index (Phi) is 31.5. The Bertz CT molecular complexity index is 584. The summed E-state index contributed by atoms with van der Waals surface area (Å²) in [5.41, 5.74) is 0. The summed E-state index contributed by atoms with van der Waals surface area (Å²) in [7, 11) is -3.38. The second-order valence-electron chi connectivity index (χ2n) is 12.2. The minimum atomic E-state index is -3.38. The first-order chi connectivity index (χ1) is 19.5. The molecule has 0 aliphatic carbocycles. The van der Waals surface area contributed by atoms with E-state index in [9.17, 15) is 17.2 Å². The van der Waals surface area contributed by atoms with E-state index in [4.69, 9.17) is 4.18 Å². The van der Waals surface area contributed by atoms with E-state index in [0.717, 1.165) is 57.8 Å². The molecule has 6 heteroatoms. The van der Waals surface area contributed by atoms with Crippen molar-refractivity contribution in [2.24, 2.45) is 0 Å². The summed E-state index contributed by atoms with van der Waals surface area (Å²) < 4.78 is 53.4. The summed E-state index contributed by atoms with van der Waals surface area (Å²) in [5, 5.41) is 0.